The highest BCUT2D eigenvalue weighted by molar-refractivity contribution is 7.92. The SMILES string of the molecule is Cc1occc1C(=O)Nc1ccc2c(c1)N(S(=O)(=O)c1ccc(Cl)cc1)CC2. The lowest BCUT2D eigenvalue weighted by Crippen LogP contribution is -2.29. The number of nitrogens with zero attached hydrogens (tertiary/aromatic N) is 1. The maximum atomic E-state index is 13.1. The van der Waals surface area contributed by atoms with Gasteiger partial charge in [-0.05, 0) is 61.4 Å². The number of sulfonamides is 1. The van der Waals surface area contributed by atoms with Crippen LogP contribution < -0.4 is 9.62 Å². The molecule has 0 fully saturated rings. The van der Waals surface area contributed by atoms with Gasteiger partial charge in [0.15, 0.2) is 0 Å². The third kappa shape index (κ3) is 3.27. The minimum atomic E-state index is -3.72. The van der Waals surface area contributed by atoms with Gasteiger partial charge in [-0.3, -0.25) is 9.10 Å². The van der Waals surface area contributed by atoms with Crippen LogP contribution in [0, 0.1) is 6.92 Å². The molecule has 0 atom stereocenters. The molecule has 0 saturated carbocycles. The molecule has 28 heavy (non-hydrogen) atoms. The van der Waals surface area contributed by atoms with Gasteiger partial charge in [0, 0.05) is 17.3 Å². The van der Waals surface area contributed by atoms with E-state index < -0.39 is 10.0 Å². The van der Waals surface area contributed by atoms with Crippen LogP contribution in [0.2, 0.25) is 5.02 Å². The zero-order valence-electron chi connectivity index (χ0n) is 15.0. The molecule has 144 valence electrons. The maximum absolute atomic E-state index is 13.1. The van der Waals surface area contributed by atoms with Gasteiger partial charge in [0.1, 0.15) is 5.76 Å². The van der Waals surface area contributed by atoms with Crippen molar-refractivity contribution in [3.8, 4) is 0 Å². The number of furan rings is 1. The largest absolute Gasteiger partial charge is 0.469 e. The minimum Gasteiger partial charge on any atom is -0.469 e. The number of hydrogen-bond acceptors (Lipinski definition) is 4. The summed E-state index contributed by atoms with van der Waals surface area (Å²) in [6.07, 6.45) is 2.06. The fourth-order valence-corrected chi connectivity index (χ4v) is 4.85. The maximum Gasteiger partial charge on any atom is 0.264 e. The quantitative estimate of drug-likeness (QED) is 0.689. The van der Waals surface area contributed by atoms with E-state index in [4.69, 9.17) is 16.0 Å². The first-order valence-corrected chi connectivity index (χ1v) is 10.4. The Hall–Kier alpha value is -2.77. The highest BCUT2D eigenvalue weighted by Crippen LogP contribution is 2.35. The number of aryl methyl sites for hydroxylation is 1. The van der Waals surface area contributed by atoms with Crippen molar-refractivity contribution in [2.75, 3.05) is 16.2 Å². The summed E-state index contributed by atoms with van der Waals surface area (Å²) in [4.78, 5) is 12.6. The first kappa shape index (κ1) is 18.6. The average molecular weight is 417 g/mol. The van der Waals surface area contributed by atoms with Crippen molar-refractivity contribution in [2.24, 2.45) is 0 Å². The van der Waals surface area contributed by atoms with Crippen LogP contribution in [-0.4, -0.2) is 20.9 Å². The molecule has 3 aromatic rings. The van der Waals surface area contributed by atoms with Crippen molar-refractivity contribution >= 4 is 38.9 Å². The van der Waals surface area contributed by atoms with E-state index in [1.807, 2.05) is 6.07 Å². The van der Waals surface area contributed by atoms with Gasteiger partial charge in [-0.15, -0.1) is 0 Å². The summed E-state index contributed by atoms with van der Waals surface area (Å²) in [6.45, 7) is 2.05. The van der Waals surface area contributed by atoms with Crippen molar-refractivity contribution in [3.63, 3.8) is 0 Å². The number of hydrogen-bond donors (Lipinski definition) is 1. The fraction of sp³-hybridized carbons (Fsp3) is 0.150. The van der Waals surface area contributed by atoms with Crippen molar-refractivity contribution in [1.29, 1.82) is 0 Å². The highest BCUT2D eigenvalue weighted by atomic mass is 35.5. The second kappa shape index (κ2) is 7.00. The van der Waals surface area contributed by atoms with Crippen LogP contribution in [-0.2, 0) is 16.4 Å². The molecule has 0 radical (unpaired) electrons. The standard InChI is InChI=1S/C20H17ClN2O4S/c1-13-18(9-11-27-13)20(24)22-16-5-2-14-8-10-23(19(14)12-16)28(25,26)17-6-3-15(21)4-7-17/h2-7,9,11-12H,8,10H2,1H3,(H,22,24). The molecule has 6 nitrogen and oxygen atoms in total. The fourth-order valence-electron chi connectivity index (χ4n) is 3.23. The summed E-state index contributed by atoms with van der Waals surface area (Å²) in [7, 11) is -3.72. The van der Waals surface area contributed by atoms with Crippen LogP contribution in [0.5, 0.6) is 0 Å². The number of benzene rings is 2. The zero-order chi connectivity index (χ0) is 19.9. The molecule has 2 aromatic carbocycles. The van der Waals surface area contributed by atoms with Crippen LogP contribution in [0.4, 0.5) is 11.4 Å². The summed E-state index contributed by atoms with van der Waals surface area (Å²) < 4.78 is 32.6. The predicted octanol–water partition coefficient (Wildman–Crippen LogP) is 4.25. The second-order valence-electron chi connectivity index (χ2n) is 6.47. The number of anilines is 2. The summed E-state index contributed by atoms with van der Waals surface area (Å²) >= 11 is 5.87. The van der Waals surface area contributed by atoms with Gasteiger partial charge in [-0.25, -0.2) is 8.42 Å². The monoisotopic (exact) mass is 416 g/mol. The van der Waals surface area contributed by atoms with Gasteiger partial charge in [0.05, 0.1) is 22.4 Å². The van der Waals surface area contributed by atoms with Crippen molar-refractivity contribution < 1.29 is 17.6 Å². The predicted molar refractivity (Wildman–Crippen MR) is 108 cm³/mol. The molecule has 1 N–H and O–H groups in total. The van der Waals surface area contributed by atoms with Crippen LogP contribution in [0.25, 0.3) is 0 Å². The van der Waals surface area contributed by atoms with E-state index in [1.54, 1.807) is 37.3 Å². The molecule has 1 aromatic heterocycles. The molecule has 0 unspecified atom stereocenters. The Balaban J connectivity index is 1.64. The molecule has 0 spiro atoms. The lowest BCUT2D eigenvalue weighted by molar-refractivity contribution is 0.102. The first-order valence-electron chi connectivity index (χ1n) is 8.63. The van der Waals surface area contributed by atoms with E-state index in [0.29, 0.717) is 40.7 Å². The minimum absolute atomic E-state index is 0.174. The van der Waals surface area contributed by atoms with E-state index in [0.717, 1.165) is 5.56 Å². The Morgan fingerprint density at radius 3 is 2.57 bits per heavy atom. The number of fused-ring (bicyclic) bond motifs is 1. The number of nitrogens with one attached hydrogen (secondary N) is 1. The molecule has 1 amide bonds. The molecular weight excluding hydrogens is 400 g/mol. The Labute approximate surface area is 167 Å². The van der Waals surface area contributed by atoms with Crippen LogP contribution in [0.1, 0.15) is 21.7 Å². The summed E-state index contributed by atoms with van der Waals surface area (Å²) in [6, 6.07) is 13.0. The van der Waals surface area contributed by atoms with Gasteiger partial charge in [-0.1, -0.05) is 17.7 Å². The molecule has 0 saturated heterocycles. The Morgan fingerprint density at radius 2 is 1.89 bits per heavy atom. The van der Waals surface area contributed by atoms with Gasteiger partial charge >= 0.3 is 0 Å². The van der Waals surface area contributed by atoms with E-state index in [-0.39, 0.29) is 10.8 Å². The third-order valence-corrected chi connectivity index (χ3v) is 6.78. The van der Waals surface area contributed by atoms with E-state index in [2.05, 4.69) is 5.32 Å². The van der Waals surface area contributed by atoms with Crippen molar-refractivity contribution in [3.05, 3.63) is 76.7 Å². The molecular formula is C20H17ClN2O4S. The number of halogens is 1. The van der Waals surface area contributed by atoms with Gasteiger partial charge in [-0.2, -0.15) is 0 Å². The zero-order valence-corrected chi connectivity index (χ0v) is 16.5. The first-order chi connectivity index (χ1) is 13.4. The Bertz CT molecular complexity index is 1150. The summed E-state index contributed by atoms with van der Waals surface area (Å²) in [5.41, 5.74) is 2.43. The number of amides is 1. The molecule has 1 aliphatic heterocycles. The molecule has 8 heteroatoms. The molecule has 2 heterocycles. The summed E-state index contributed by atoms with van der Waals surface area (Å²) in [5.74, 6) is 0.210. The third-order valence-electron chi connectivity index (χ3n) is 4.70. The van der Waals surface area contributed by atoms with Crippen molar-refractivity contribution in [2.45, 2.75) is 18.2 Å². The molecule has 0 aliphatic carbocycles. The second-order valence-corrected chi connectivity index (χ2v) is 8.77. The number of rotatable bonds is 4. The smallest absolute Gasteiger partial charge is 0.264 e. The van der Waals surface area contributed by atoms with Gasteiger partial charge in [0.2, 0.25) is 0 Å². The van der Waals surface area contributed by atoms with Crippen LogP contribution >= 0.6 is 11.6 Å². The Morgan fingerprint density at radius 1 is 1.14 bits per heavy atom. The van der Waals surface area contributed by atoms with E-state index >= 15 is 0 Å². The van der Waals surface area contributed by atoms with Gasteiger partial charge < -0.3 is 9.73 Å². The van der Waals surface area contributed by atoms with E-state index in [9.17, 15) is 13.2 Å². The Kier molecular flexibility index (Phi) is 4.64. The number of carbonyl (C=O) groups excluding carboxylic acids is 1. The normalized spacial score (nSPS) is 13.4. The lowest BCUT2D eigenvalue weighted by Gasteiger charge is -2.20. The van der Waals surface area contributed by atoms with Crippen molar-refractivity contribution in [1.82, 2.24) is 0 Å². The highest BCUT2D eigenvalue weighted by Gasteiger charge is 2.31. The van der Waals surface area contributed by atoms with Gasteiger partial charge in [0.25, 0.3) is 15.9 Å². The van der Waals surface area contributed by atoms with Crippen LogP contribution in [0.3, 0.4) is 0 Å². The molecule has 1 aliphatic rings. The van der Waals surface area contributed by atoms with Crippen LogP contribution in [0.15, 0.2) is 64.1 Å². The topological polar surface area (TPSA) is 79.6 Å². The molecule has 4 rings (SSSR count). The molecule has 0 bridgehead atoms. The van der Waals surface area contributed by atoms with E-state index in [1.165, 1.54) is 22.7 Å². The summed E-state index contributed by atoms with van der Waals surface area (Å²) in [5, 5.41) is 3.27. The lowest BCUT2D eigenvalue weighted by atomic mass is 10.1. The average Bonchev–Trinajstić information content (AvgIpc) is 3.28. The number of carbonyl (C=O) groups is 1.